The molecule has 2 fully saturated rings. The van der Waals surface area contributed by atoms with Crippen molar-refractivity contribution >= 4 is 17.2 Å². The second-order valence-electron chi connectivity index (χ2n) is 5.09. The molecule has 1 amide bonds. The number of carbonyl (C=O) groups excluding carboxylic acids is 1. The standard InChI is InChI=1S/C13H18N2O2S/c1-3-17-12-5-10-4-9(12)6-15(10)13(16)11-7-18-8(2)14-11/h7,9-10,12H,3-6H2,1-2H3/t9?,10?,12-/m0/s1. The number of carbonyl (C=O) groups is 1. The molecule has 1 aromatic rings. The summed E-state index contributed by atoms with van der Waals surface area (Å²) in [4.78, 5) is 18.6. The summed E-state index contributed by atoms with van der Waals surface area (Å²) >= 11 is 1.54. The quantitative estimate of drug-likeness (QED) is 0.841. The third kappa shape index (κ3) is 1.95. The molecule has 3 atom stereocenters. The number of hydrogen-bond donors (Lipinski definition) is 0. The van der Waals surface area contributed by atoms with Crippen LogP contribution in [0.1, 0.15) is 35.3 Å². The maximum absolute atomic E-state index is 12.3. The Morgan fingerprint density at radius 1 is 1.61 bits per heavy atom. The van der Waals surface area contributed by atoms with Crippen LogP contribution in [-0.2, 0) is 4.74 Å². The van der Waals surface area contributed by atoms with Crippen LogP contribution in [0.2, 0.25) is 0 Å². The molecule has 1 saturated heterocycles. The molecule has 98 valence electrons. The molecule has 0 N–H and O–H groups in total. The molecule has 0 spiro atoms. The Labute approximate surface area is 111 Å². The summed E-state index contributed by atoms with van der Waals surface area (Å²) in [6.07, 6.45) is 2.45. The SMILES string of the molecule is CCO[C@H]1CC2CC1CN2C(=O)c1csc(C)n1. The molecule has 1 aromatic heterocycles. The van der Waals surface area contributed by atoms with E-state index in [1.165, 1.54) is 11.3 Å². The Morgan fingerprint density at radius 2 is 2.44 bits per heavy atom. The number of ether oxygens (including phenoxy) is 1. The first-order valence-corrected chi connectivity index (χ1v) is 7.41. The lowest BCUT2D eigenvalue weighted by molar-refractivity contribution is 0.00742. The zero-order valence-electron chi connectivity index (χ0n) is 10.8. The number of amides is 1. The summed E-state index contributed by atoms with van der Waals surface area (Å²) in [5, 5.41) is 2.82. The number of rotatable bonds is 3. The van der Waals surface area contributed by atoms with Crippen molar-refractivity contribution in [2.75, 3.05) is 13.2 Å². The first kappa shape index (κ1) is 12.1. The second-order valence-corrected chi connectivity index (χ2v) is 6.15. The second kappa shape index (κ2) is 4.63. The molecular formula is C13H18N2O2S. The number of aryl methyl sites for hydroxylation is 1. The van der Waals surface area contributed by atoms with Gasteiger partial charge >= 0.3 is 0 Å². The summed E-state index contributed by atoms with van der Waals surface area (Å²) in [6, 6.07) is 0.362. The summed E-state index contributed by atoms with van der Waals surface area (Å²) in [5.41, 5.74) is 0.609. The average Bonchev–Trinajstić information content (AvgIpc) is 3.03. The number of hydrogen-bond acceptors (Lipinski definition) is 4. The van der Waals surface area contributed by atoms with Gasteiger partial charge in [0.15, 0.2) is 0 Å². The zero-order valence-corrected chi connectivity index (χ0v) is 11.6. The molecule has 0 aromatic carbocycles. The van der Waals surface area contributed by atoms with Crippen molar-refractivity contribution in [1.82, 2.24) is 9.88 Å². The smallest absolute Gasteiger partial charge is 0.273 e. The first-order valence-electron chi connectivity index (χ1n) is 6.53. The van der Waals surface area contributed by atoms with Gasteiger partial charge in [-0.15, -0.1) is 11.3 Å². The van der Waals surface area contributed by atoms with Gasteiger partial charge in [-0.05, 0) is 26.7 Å². The summed E-state index contributed by atoms with van der Waals surface area (Å²) in [7, 11) is 0. The highest BCUT2D eigenvalue weighted by atomic mass is 32.1. The third-order valence-electron chi connectivity index (χ3n) is 3.96. The number of likely N-dealkylation sites (tertiary alicyclic amines) is 1. The summed E-state index contributed by atoms with van der Waals surface area (Å²) in [5.74, 6) is 0.625. The van der Waals surface area contributed by atoms with Crippen molar-refractivity contribution < 1.29 is 9.53 Å². The minimum atomic E-state index is 0.0989. The largest absolute Gasteiger partial charge is 0.378 e. The zero-order chi connectivity index (χ0) is 12.7. The third-order valence-corrected chi connectivity index (χ3v) is 4.73. The molecule has 2 aliphatic rings. The van der Waals surface area contributed by atoms with Gasteiger partial charge in [-0.2, -0.15) is 0 Å². The van der Waals surface area contributed by atoms with E-state index < -0.39 is 0 Å². The number of piperidine rings is 1. The molecule has 1 aliphatic carbocycles. The van der Waals surface area contributed by atoms with E-state index in [0.29, 0.717) is 23.8 Å². The predicted octanol–water partition coefficient (Wildman–Crippen LogP) is 2.09. The van der Waals surface area contributed by atoms with Gasteiger partial charge in [0.05, 0.1) is 11.1 Å². The van der Waals surface area contributed by atoms with Gasteiger partial charge in [0.2, 0.25) is 0 Å². The molecule has 5 heteroatoms. The lowest BCUT2D eigenvalue weighted by Gasteiger charge is -2.30. The van der Waals surface area contributed by atoms with E-state index in [1.807, 2.05) is 24.1 Å². The van der Waals surface area contributed by atoms with Crippen molar-refractivity contribution in [2.45, 2.75) is 38.8 Å². The van der Waals surface area contributed by atoms with Crippen LogP contribution >= 0.6 is 11.3 Å². The topological polar surface area (TPSA) is 42.4 Å². The van der Waals surface area contributed by atoms with Gasteiger partial charge in [0.1, 0.15) is 5.69 Å². The fraction of sp³-hybridized carbons (Fsp3) is 0.692. The minimum Gasteiger partial charge on any atom is -0.378 e. The molecule has 2 unspecified atom stereocenters. The van der Waals surface area contributed by atoms with E-state index in [0.717, 1.165) is 31.0 Å². The molecular weight excluding hydrogens is 248 g/mol. The molecule has 4 nitrogen and oxygen atoms in total. The van der Waals surface area contributed by atoms with E-state index in [-0.39, 0.29) is 5.91 Å². The summed E-state index contributed by atoms with van der Waals surface area (Å²) < 4.78 is 5.72. The lowest BCUT2D eigenvalue weighted by atomic mass is 10.1. The monoisotopic (exact) mass is 266 g/mol. The highest BCUT2D eigenvalue weighted by Gasteiger charge is 2.47. The molecule has 2 bridgehead atoms. The van der Waals surface area contributed by atoms with Crippen molar-refractivity contribution in [3.05, 3.63) is 16.1 Å². The Kier molecular flexibility index (Phi) is 3.11. The van der Waals surface area contributed by atoms with Crippen molar-refractivity contribution in [1.29, 1.82) is 0 Å². The van der Waals surface area contributed by atoms with Gasteiger partial charge in [0.25, 0.3) is 5.91 Å². The van der Waals surface area contributed by atoms with E-state index in [1.54, 1.807) is 0 Å². The van der Waals surface area contributed by atoms with Crippen LogP contribution in [0, 0.1) is 12.8 Å². The van der Waals surface area contributed by atoms with Crippen LogP contribution in [0.15, 0.2) is 5.38 Å². The van der Waals surface area contributed by atoms with Crippen LogP contribution in [-0.4, -0.2) is 41.1 Å². The average molecular weight is 266 g/mol. The normalized spacial score (nSPS) is 30.1. The van der Waals surface area contributed by atoms with Crippen molar-refractivity contribution in [2.24, 2.45) is 5.92 Å². The Morgan fingerprint density at radius 3 is 3.00 bits per heavy atom. The van der Waals surface area contributed by atoms with E-state index in [9.17, 15) is 4.79 Å². The van der Waals surface area contributed by atoms with Crippen LogP contribution in [0.3, 0.4) is 0 Å². The van der Waals surface area contributed by atoms with Gasteiger partial charge in [-0.25, -0.2) is 4.98 Å². The predicted molar refractivity (Wildman–Crippen MR) is 69.8 cm³/mol. The number of aromatic nitrogens is 1. The van der Waals surface area contributed by atoms with E-state index in [2.05, 4.69) is 4.98 Å². The molecule has 2 heterocycles. The molecule has 0 radical (unpaired) electrons. The Hall–Kier alpha value is -0.940. The highest BCUT2D eigenvalue weighted by molar-refractivity contribution is 7.09. The van der Waals surface area contributed by atoms with Gasteiger partial charge < -0.3 is 9.64 Å². The maximum atomic E-state index is 12.3. The van der Waals surface area contributed by atoms with E-state index >= 15 is 0 Å². The van der Waals surface area contributed by atoms with Crippen LogP contribution < -0.4 is 0 Å². The van der Waals surface area contributed by atoms with Crippen molar-refractivity contribution in [3.8, 4) is 0 Å². The molecule has 1 saturated carbocycles. The molecule has 1 aliphatic heterocycles. The molecule has 3 rings (SSSR count). The Bertz CT molecular complexity index is 460. The first-order chi connectivity index (χ1) is 8.69. The number of fused-ring (bicyclic) bond motifs is 2. The minimum absolute atomic E-state index is 0.0989. The van der Waals surface area contributed by atoms with Crippen LogP contribution in [0.25, 0.3) is 0 Å². The van der Waals surface area contributed by atoms with Crippen LogP contribution in [0.5, 0.6) is 0 Å². The number of nitrogens with zero attached hydrogens (tertiary/aromatic N) is 2. The molecule has 18 heavy (non-hydrogen) atoms. The van der Waals surface area contributed by atoms with E-state index in [4.69, 9.17) is 4.74 Å². The van der Waals surface area contributed by atoms with Crippen LogP contribution in [0.4, 0.5) is 0 Å². The fourth-order valence-electron chi connectivity index (χ4n) is 3.18. The van der Waals surface area contributed by atoms with Gasteiger partial charge in [0, 0.05) is 30.5 Å². The highest BCUT2D eigenvalue weighted by Crippen LogP contribution is 2.40. The Balaban J connectivity index is 1.69. The van der Waals surface area contributed by atoms with Gasteiger partial charge in [-0.1, -0.05) is 0 Å². The van der Waals surface area contributed by atoms with Crippen molar-refractivity contribution in [3.63, 3.8) is 0 Å². The fourth-order valence-corrected chi connectivity index (χ4v) is 3.77. The number of thiazole rings is 1. The lowest BCUT2D eigenvalue weighted by Crippen LogP contribution is -2.42. The summed E-state index contributed by atoms with van der Waals surface area (Å²) in [6.45, 7) is 5.58. The van der Waals surface area contributed by atoms with Gasteiger partial charge in [-0.3, -0.25) is 4.79 Å². The maximum Gasteiger partial charge on any atom is 0.273 e.